The van der Waals surface area contributed by atoms with Crippen molar-refractivity contribution in [2.24, 2.45) is 7.05 Å². The summed E-state index contributed by atoms with van der Waals surface area (Å²) in [5.41, 5.74) is 3.88. The molecular formula is C11H14N2. The summed E-state index contributed by atoms with van der Waals surface area (Å²) in [5, 5.41) is 5.65. The predicted molar refractivity (Wildman–Crippen MR) is 54.8 cm³/mol. The number of aryl methyl sites for hydroxylation is 3. The normalized spacial score (nSPS) is 11.0. The predicted octanol–water partition coefficient (Wildman–Crippen LogP) is 2.44. The molecule has 0 saturated carbocycles. The molecule has 0 spiro atoms. The summed E-state index contributed by atoms with van der Waals surface area (Å²) in [5.74, 6) is 0. The van der Waals surface area contributed by atoms with Crippen molar-refractivity contribution >= 4 is 10.9 Å². The first-order chi connectivity index (χ1) is 6.22. The molecule has 0 aliphatic heterocycles. The van der Waals surface area contributed by atoms with Crippen LogP contribution in [0.5, 0.6) is 0 Å². The Morgan fingerprint density at radius 1 is 1.38 bits per heavy atom. The lowest BCUT2D eigenvalue weighted by atomic mass is 10.0. The molecule has 68 valence electrons. The molecule has 0 aliphatic rings. The van der Waals surface area contributed by atoms with Gasteiger partial charge >= 0.3 is 0 Å². The zero-order chi connectivity index (χ0) is 9.42. The lowest BCUT2D eigenvalue weighted by Gasteiger charge is -2.01. The third-order valence-electron chi connectivity index (χ3n) is 2.57. The summed E-state index contributed by atoms with van der Waals surface area (Å²) in [6.45, 7) is 4.35. The van der Waals surface area contributed by atoms with Crippen LogP contribution in [-0.4, -0.2) is 9.78 Å². The molecule has 0 radical (unpaired) electrons. The Bertz CT molecular complexity index is 441. The topological polar surface area (TPSA) is 17.8 Å². The Labute approximate surface area is 78.2 Å². The van der Waals surface area contributed by atoms with Gasteiger partial charge in [0.05, 0.1) is 5.52 Å². The fourth-order valence-electron chi connectivity index (χ4n) is 1.78. The number of rotatable bonds is 1. The molecule has 0 N–H and O–H groups in total. The maximum absolute atomic E-state index is 4.37. The van der Waals surface area contributed by atoms with Crippen LogP contribution >= 0.6 is 0 Å². The van der Waals surface area contributed by atoms with Gasteiger partial charge in [0.1, 0.15) is 0 Å². The summed E-state index contributed by atoms with van der Waals surface area (Å²) in [4.78, 5) is 0. The monoisotopic (exact) mass is 174 g/mol. The van der Waals surface area contributed by atoms with Crippen molar-refractivity contribution in [2.75, 3.05) is 0 Å². The van der Waals surface area contributed by atoms with Crippen molar-refractivity contribution in [3.05, 3.63) is 29.5 Å². The molecule has 2 rings (SSSR count). The smallest absolute Gasteiger partial charge is 0.0926 e. The van der Waals surface area contributed by atoms with E-state index in [1.165, 1.54) is 16.5 Å². The Balaban J connectivity index is 2.78. The van der Waals surface area contributed by atoms with Crippen LogP contribution in [0.15, 0.2) is 18.3 Å². The number of hydrogen-bond donors (Lipinski definition) is 0. The maximum Gasteiger partial charge on any atom is 0.0926 e. The number of nitrogens with zero attached hydrogens (tertiary/aromatic N) is 2. The van der Waals surface area contributed by atoms with Crippen LogP contribution in [0.2, 0.25) is 0 Å². The lowest BCUT2D eigenvalue weighted by Crippen LogP contribution is -1.85. The van der Waals surface area contributed by atoms with Crippen molar-refractivity contribution in [1.29, 1.82) is 0 Å². The molecule has 0 amide bonds. The summed E-state index contributed by atoms with van der Waals surface area (Å²) >= 11 is 0. The molecule has 1 aromatic heterocycles. The van der Waals surface area contributed by atoms with E-state index in [0.717, 1.165) is 11.9 Å². The third-order valence-corrected chi connectivity index (χ3v) is 2.57. The quantitative estimate of drug-likeness (QED) is 0.649. The van der Waals surface area contributed by atoms with Gasteiger partial charge in [-0.15, -0.1) is 0 Å². The van der Waals surface area contributed by atoms with Gasteiger partial charge in [0.2, 0.25) is 0 Å². The van der Waals surface area contributed by atoms with E-state index in [-0.39, 0.29) is 0 Å². The van der Waals surface area contributed by atoms with Crippen molar-refractivity contribution < 1.29 is 0 Å². The molecule has 2 heteroatoms. The fraction of sp³-hybridized carbons (Fsp3) is 0.364. The fourth-order valence-corrected chi connectivity index (χ4v) is 1.78. The molecule has 0 aliphatic carbocycles. The summed E-state index contributed by atoms with van der Waals surface area (Å²) in [6.07, 6.45) is 3.18. The SMILES string of the molecule is CCc1ccc2nn(C)cc2c1C. The number of aromatic nitrogens is 2. The van der Waals surface area contributed by atoms with Crippen LogP contribution in [-0.2, 0) is 13.5 Å². The van der Waals surface area contributed by atoms with Crippen LogP contribution in [0, 0.1) is 6.92 Å². The standard InChI is InChI=1S/C11H14N2/c1-4-9-5-6-11-10(8(9)2)7-13(3)12-11/h5-7H,4H2,1-3H3. The second-order valence-electron chi connectivity index (χ2n) is 3.44. The van der Waals surface area contributed by atoms with Crippen LogP contribution in [0.25, 0.3) is 10.9 Å². The van der Waals surface area contributed by atoms with E-state index in [1.807, 2.05) is 11.7 Å². The molecule has 13 heavy (non-hydrogen) atoms. The van der Waals surface area contributed by atoms with E-state index in [2.05, 4.69) is 37.3 Å². The van der Waals surface area contributed by atoms with Crippen LogP contribution in [0.1, 0.15) is 18.1 Å². The molecule has 0 saturated heterocycles. The highest BCUT2D eigenvalue weighted by molar-refractivity contribution is 5.82. The minimum absolute atomic E-state index is 1.09. The van der Waals surface area contributed by atoms with Gasteiger partial charge in [0, 0.05) is 18.6 Å². The van der Waals surface area contributed by atoms with E-state index in [1.54, 1.807) is 0 Å². The van der Waals surface area contributed by atoms with E-state index in [9.17, 15) is 0 Å². The van der Waals surface area contributed by atoms with Gasteiger partial charge in [-0.05, 0) is 30.5 Å². The molecule has 0 bridgehead atoms. The number of benzene rings is 1. The first kappa shape index (κ1) is 8.30. The molecule has 0 fully saturated rings. The number of fused-ring (bicyclic) bond motifs is 1. The highest BCUT2D eigenvalue weighted by Gasteiger charge is 2.04. The Hall–Kier alpha value is -1.31. The zero-order valence-corrected chi connectivity index (χ0v) is 8.33. The van der Waals surface area contributed by atoms with E-state index >= 15 is 0 Å². The first-order valence-electron chi connectivity index (χ1n) is 4.64. The zero-order valence-electron chi connectivity index (χ0n) is 8.33. The minimum Gasteiger partial charge on any atom is -0.275 e. The van der Waals surface area contributed by atoms with Crippen molar-refractivity contribution in [3.63, 3.8) is 0 Å². The van der Waals surface area contributed by atoms with Gasteiger partial charge in [0.15, 0.2) is 0 Å². The minimum atomic E-state index is 1.09. The van der Waals surface area contributed by atoms with Gasteiger partial charge in [0.25, 0.3) is 0 Å². The third kappa shape index (κ3) is 1.22. The van der Waals surface area contributed by atoms with Crippen LogP contribution < -0.4 is 0 Å². The van der Waals surface area contributed by atoms with Gasteiger partial charge < -0.3 is 0 Å². The highest BCUT2D eigenvalue weighted by atomic mass is 15.2. The molecule has 0 atom stereocenters. The first-order valence-corrected chi connectivity index (χ1v) is 4.64. The van der Waals surface area contributed by atoms with E-state index < -0.39 is 0 Å². The van der Waals surface area contributed by atoms with Crippen molar-refractivity contribution in [2.45, 2.75) is 20.3 Å². The van der Waals surface area contributed by atoms with Crippen LogP contribution in [0.4, 0.5) is 0 Å². The average Bonchev–Trinajstić information content (AvgIpc) is 2.47. The molecule has 1 aromatic carbocycles. The van der Waals surface area contributed by atoms with Gasteiger partial charge in [-0.25, -0.2) is 0 Å². The molecule has 2 nitrogen and oxygen atoms in total. The second-order valence-corrected chi connectivity index (χ2v) is 3.44. The Kier molecular flexibility index (Phi) is 1.83. The molecule has 1 heterocycles. The highest BCUT2D eigenvalue weighted by Crippen LogP contribution is 2.20. The van der Waals surface area contributed by atoms with Crippen molar-refractivity contribution in [1.82, 2.24) is 9.78 Å². The van der Waals surface area contributed by atoms with Crippen LogP contribution in [0.3, 0.4) is 0 Å². The van der Waals surface area contributed by atoms with Gasteiger partial charge in [-0.1, -0.05) is 13.0 Å². The lowest BCUT2D eigenvalue weighted by molar-refractivity contribution is 0.779. The molecular weight excluding hydrogens is 160 g/mol. The molecule has 2 aromatic rings. The Morgan fingerprint density at radius 3 is 2.85 bits per heavy atom. The summed E-state index contributed by atoms with van der Waals surface area (Å²) < 4.78 is 1.87. The van der Waals surface area contributed by atoms with Crippen molar-refractivity contribution in [3.8, 4) is 0 Å². The molecule has 0 unspecified atom stereocenters. The second kappa shape index (κ2) is 2.87. The summed E-state index contributed by atoms with van der Waals surface area (Å²) in [6, 6.07) is 4.27. The van der Waals surface area contributed by atoms with Gasteiger partial charge in [-0.3, -0.25) is 4.68 Å². The average molecular weight is 174 g/mol. The summed E-state index contributed by atoms with van der Waals surface area (Å²) in [7, 11) is 1.96. The number of hydrogen-bond acceptors (Lipinski definition) is 1. The van der Waals surface area contributed by atoms with E-state index in [0.29, 0.717) is 0 Å². The maximum atomic E-state index is 4.37. The largest absolute Gasteiger partial charge is 0.275 e. The Morgan fingerprint density at radius 2 is 2.15 bits per heavy atom. The van der Waals surface area contributed by atoms with Gasteiger partial charge in [-0.2, -0.15) is 5.10 Å². The van der Waals surface area contributed by atoms with E-state index in [4.69, 9.17) is 0 Å².